The summed E-state index contributed by atoms with van der Waals surface area (Å²) in [6.07, 6.45) is 0. The third-order valence-corrected chi connectivity index (χ3v) is 4.70. The number of nitrogens with one attached hydrogen (secondary N) is 2. The Hall–Kier alpha value is -3.12. The van der Waals surface area contributed by atoms with Crippen molar-refractivity contribution in [1.29, 1.82) is 0 Å². The Kier molecular flexibility index (Phi) is 6.11. The number of halogens is 1. The molecular formula is C21H21ClN4O2. The smallest absolute Gasteiger partial charge is 0.257 e. The van der Waals surface area contributed by atoms with Crippen molar-refractivity contribution in [2.45, 2.75) is 13.5 Å². The van der Waals surface area contributed by atoms with E-state index in [2.05, 4.69) is 15.7 Å². The molecule has 0 atom stereocenters. The molecule has 7 heteroatoms. The van der Waals surface area contributed by atoms with Crippen LogP contribution < -0.4 is 10.6 Å². The van der Waals surface area contributed by atoms with E-state index in [-0.39, 0.29) is 23.2 Å². The highest BCUT2D eigenvalue weighted by Crippen LogP contribution is 2.27. The molecule has 0 radical (unpaired) electrons. The summed E-state index contributed by atoms with van der Waals surface area (Å²) in [5.74, 6) is -0.724. The molecule has 0 aliphatic carbocycles. The molecule has 28 heavy (non-hydrogen) atoms. The minimum Gasteiger partial charge on any atom is -0.350 e. The third-order valence-electron chi connectivity index (χ3n) is 4.27. The molecule has 0 bridgehead atoms. The molecule has 3 aromatic rings. The summed E-state index contributed by atoms with van der Waals surface area (Å²) in [7, 11) is 1.67. The maximum atomic E-state index is 12.7. The number of amides is 2. The summed E-state index contributed by atoms with van der Waals surface area (Å²) >= 11 is 6.27. The van der Waals surface area contributed by atoms with E-state index >= 15 is 0 Å². The molecule has 3 rings (SSSR count). The molecule has 2 aromatic carbocycles. The number of hydrogen-bond acceptors (Lipinski definition) is 3. The van der Waals surface area contributed by atoms with Crippen molar-refractivity contribution in [3.8, 4) is 11.3 Å². The Bertz CT molecular complexity index is 982. The van der Waals surface area contributed by atoms with Gasteiger partial charge in [-0.15, -0.1) is 0 Å². The second-order valence-electron chi connectivity index (χ2n) is 6.45. The second-order valence-corrected chi connectivity index (χ2v) is 6.81. The van der Waals surface area contributed by atoms with E-state index in [0.29, 0.717) is 12.2 Å². The number of rotatable bonds is 6. The van der Waals surface area contributed by atoms with Crippen molar-refractivity contribution in [3.63, 3.8) is 0 Å². The van der Waals surface area contributed by atoms with Crippen LogP contribution in [0, 0.1) is 6.92 Å². The fraction of sp³-hybridized carbons (Fsp3) is 0.190. The Morgan fingerprint density at radius 2 is 1.71 bits per heavy atom. The van der Waals surface area contributed by atoms with Crippen molar-refractivity contribution in [1.82, 2.24) is 20.4 Å². The minimum atomic E-state index is -0.442. The van der Waals surface area contributed by atoms with Crippen LogP contribution in [0.25, 0.3) is 11.3 Å². The summed E-state index contributed by atoms with van der Waals surface area (Å²) < 4.78 is 1.44. The van der Waals surface area contributed by atoms with Gasteiger partial charge in [-0.2, -0.15) is 5.10 Å². The van der Waals surface area contributed by atoms with Crippen LogP contribution in [0.5, 0.6) is 0 Å². The molecule has 0 aliphatic heterocycles. The van der Waals surface area contributed by atoms with Gasteiger partial charge in [-0.05, 0) is 12.5 Å². The predicted molar refractivity (Wildman–Crippen MR) is 109 cm³/mol. The lowest BCUT2D eigenvalue weighted by molar-refractivity contribution is -0.120. The average Bonchev–Trinajstić information content (AvgIpc) is 3.01. The molecule has 0 unspecified atom stereocenters. The number of benzene rings is 2. The van der Waals surface area contributed by atoms with Crippen LogP contribution in [-0.2, 0) is 18.4 Å². The highest BCUT2D eigenvalue weighted by atomic mass is 35.5. The summed E-state index contributed by atoms with van der Waals surface area (Å²) in [5.41, 5.74) is 3.66. The lowest BCUT2D eigenvalue weighted by Crippen LogP contribution is -2.36. The molecule has 2 amide bonds. The molecular weight excluding hydrogens is 376 g/mol. The number of carbonyl (C=O) groups is 2. The van der Waals surface area contributed by atoms with E-state index in [9.17, 15) is 9.59 Å². The quantitative estimate of drug-likeness (QED) is 0.672. The lowest BCUT2D eigenvalue weighted by Gasteiger charge is -2.08. The molecule has 6 nitrogen and oxygen atoms in total. The Morgan fingerprint density at radius 1 is 1.04 bits per heavy atom. The predicted octanol–water partition coefficient (Wildman–Crippen LogP) is 3.10. The molecule has 1 aromatic heterocycles. The van der Waals surface area contributed by atoms with Gasteiger partial charge in [0.2, 0.25) is 5.91 Å². The van der Waals surface area contributed by atoms with Gasteiger partial charge in [0.05, 0.1) is 6.54 Å². The van der Waals surface area contributed by atoms with Gasteiger partial charge in [0.15, 0.2) is 0 Å². The fourth-order valence-corrected chi connectivity index (χ4v) is 2.93. The van der Waals surface area contributed by atoms with Gasteiger partial charge in [-0.25, -0.2) is 0 Å². The maximum absolute atomic E-state index is 12.7. The van der Waals surface area contributed by atoms with Crippen LogP contribution in [0.4, 0.5) is 0 Å². The minimum absolute atomic E-state index is 0.149. The number of aryl methyl sites for hydroxylation is 2. The van der Waals surface area contributed by atoms with E-state index in [1.165, 1.54) is 4.68 Å². The van der Waals surface area contributed by atoms with Crippen molar-refractivity contribution in [3.05, 3.63) is 76.4 Å². The SMILES string of the molecule is Cc1ccc(CNC(=O)CNC(=O)c2c(-c3ccccc3)nn(C)c2Cl)cc1. The van der Waals surface area contributed by atoms with Crippen LogP contribution in [-0.4, -0.2) is 28.1 Å². The van der Waals surface area contributed by atoms with Gasteiger partial charge in [0.25, 0.3) is 5.91 Å². The largest absolute Gasteiger partial charge is 0.350 e. The molecule has 0 fully saturated rings. The molecule has 144 valence electrons. The third kappa shape index (κ3) is 4.58. The molecule has 0 saturated heterocycles. The number of carbonyl (C=O) groups excluding carboxylic acids is 2. The number of nitrogens with zero attached hydrogens (tertiary/aromatic N) is 2. The zero-order valence-electron chi connectivity index (χ0n) is 15.7. The molecule has 0 saturated carbocycles. The molecule has 0 aliphatic rings. The lowest BCUT2D eigenvalue weighted by atomic mass is 10.1. The van der Waals surface area contributed by atoms with Crippen LogP contribution in [0.1, 0.15) is 21.5 Å². The number of aromatic nitrogens is 2. The Labute approximate surface area is 168 Å². The first-order valence-electron chi connectivity index (χ1n) is 8.84. The normalized spacial score (nSPS) is 10.5. The first-order valence-corrected chi connectivity index (χ1v) is 9.22. The van der Waals surface area contributed by atoms with Gasteiger partial charge < -0.3 is 10.6 Å². The van der Waals surface area contributed by atoms with E-state index in [1.807, 2.05) is 61.5 Å². The van der Waals surface area contributed by atoms with Gasteiger partial charge in [-0.1, -0.05) is 71.8 Å². The second kappa shape index (κ2) is 8.71. The summed E-state index contributed by atoms with van der Waals surface area (Å²) in [4.78, 5) is 24.7. The monoisotopic (exact) mass is 396 g/mol. The van der Waals surface area contributed by atoms with Crippen LogP contribution >= 0.6 is 11.6 Å². The highest BCUT2D eigenvalue weighted by molar-refractivity contribution is 6.33. The van der Waals surface area contributed by atoms with Crippen molar-refractivity contribution in [2.24, 2.45) is 7.05 Å². The van der Waals surface area contributed by atoms with Gasteiger partial charge in [-0.3, -0.25) is 14.3 Å². The van der Waals surface area contributed by atoms with Gasteiger partial charge in [0.1, 0.15) is 16.4 Å². The molecule has 0 spiro atoms. The Balaban J connectivity index is 1.63. The average molecular weight is 397 g/mol. The van der Waals surface area contributed by atoms with E-state index in [4.69, 9.17) is 11.6 Å². The molecule has 1 heterocycles. The van der Waals surface area contributed by atoms with Crippen molar-refractivity contribution in [2.75, 3.05) is 6.54 Å². The van der Waals surface area contributed by atoms with E-state index < -0.39 is 5.91 Å². The fourth-order valence-electron chi connectivity index (χ4n) is 2.72. The van der Waals surface area contributed by atoms with Crippen LogP contribution in [0.15, 0.2) is 54.6 Å². The zero-order valence-corrected chi connectivity index (χ0v) is 16.5. The van der Waals surface area contributed by atoms with E-state index in [0.717, 1.165) is 16.7 Å². The highest BCUT2D eigenvalue weighted by Gasteiger charge is 2.22. The summed E-state index contributed by atoms with van der Waals surface area (Å²) in [6.45, 7) is 2.26. The van der Waals surface area contributed by atoms with Crippen molar-refractivity contribution >= 4 is 23.4 Å². The first kappa shape index (κ1) is 19.6. The first-order chi connectivity index (χ1) is 13.5. The maximum Gasteiger partial charge on any atom is 0.257 e. The number of hydrogen-bond donors (Lipinski definition) is 2. The van der Waals surface area contributed by atoms with Gasteiger partial charge in [0, 0.05) is 19.2 Å². The standard InChI is InChI=1S/C21H21ClN4O2/c1-14-8-10-15(11-9-14)12-23-17(27)13-24-21(28)18-19(25-26(2)20(18)22)16-6-4-3-5-7-16/h3-11H,12-13H2,1-2H3,(H,23,27)(H,24,28). The van der Waals surface area contributed by atoms with Crippen LogP contribution in [0.2, 0.25) is 5.15 Å². The summed E-state index contributed by atoms with van der Waals surface area (Å²) in [5, 5.41) is 9.96. The van der Waals surface area contributed by atoms with Gasteiger partial charge >= 0.3 is 0 Å². The summed E-state index contributed by atoms with van der Waals surface area (Å²) in [6, 6.07) is 17.2. The zero-order chi connectivity index (χ0) is 20.1. The Morgan fingerprint density at radius 3 is 2.39 bits per heavy atom. The van der Waals surface area contributed by atoms with E-state index in [1.54, 1.807) is 7.05 Å². The van der Waals surface area contributed by atoms with Crippen LogP contribution in [0.3, 0.4) is 0 Å². The molecule has 2 N–H and O–H groups in total. The topological polar surface area (TPSA) is 76.0 Å². The van der Waals surface area contributed by atoms with Crippen molar-refractivity contribution < 1.29 is 9.59 Å².